The van der Waals surface area contributed by atoms with Gasteiger partial charge in [0.25, 0.3) is 5.91 Å². The molecular formula is C20H24N4O3. The van der Waals surface area contributed by atoms with E-state index in [1.54, 1.807) is 4.90 Å². The summed E-state index contributed by atoms with van der Waals surface area (Å²) in [4.78, 5) is 38.3. The highest BCUT2D eigenvalue weighted by Crippen LogP contribution is 2.38. The molecule has 7 heteroatoms. The number of nitrogens with one attached hydrogen (secondary N) is 3. The van der Waals surface area contributed by atoms with Crippen molar-refractivity contribution in [2.75, 3.05) is 6.54 Å². The Morgan fingerprint density at radius 1 is 1.19 bits per heavy atom. The van der Waals surface area contributed by atoms with Crippen LogP contribution < -0.4 is 16.0 Å². The van der Waals surface area contributed by atoms with Crippen LogP contribution in [0.15, 0.2) is 18.2 Å². The second kappa shape index (κ2) is 6.42. The Balaban J connectivity index is 1.32. The highest BCUT2D eigenvalue weighted by atomic mass is 16.2. The van der Waals surface area contributed by atoms with E-state index in [0.717, 1.165) is 29.7 Å². The maximum absolute atomic E-state index is 13.1. The molecule has 1 saturated carbocycles. The number of fused-ring (bicyclic) bond motifs is 2. The van der Waals surface area contributed by atoms with Crippen molar-refractivity contribution in [2.24, 2.45) is 5.92 Å². The van der Waals surface area contributed by atoms with E-state index in [9.17, 15) is 14.4 Å². The number of imide groups is 1. The molecule has 3 amide bonds. The van der Waals surface area contributed by atoms with Crippen LogP contribution in [0.2, 0.25) is 0 Å². The number of hydrogen-bond acceptors (Lipinski definition) is 5. The molecule has 2 saturated heterocycles. The van der Waals surface area contributed by atoms with Gasteiger partial charge in [-0.3, -0.25) is 19.7 Å². The molecule has 3 fully saturated rings. The molecule has 7 nitrogen and oxygen atoms in total. The number of nitrogens with zero attached hydrogens (tertiary/aromatic N) is 1. The maximum atomic E-state index is 13.1. The lowest BCUT2D eigenvalue weighted by atomic mass is 10.0. The lowest BCUT2D eigenvalue weighted by molar-refractivity contribution is -0.136. The molecule has 0 spiro atoms. The minimum absolute atomic E-state index is 0.0912. The second-order valence-electron chi connectivity index (χ2n) is 8.09. The van der Waals surface area contributed by atoms with Crippen LogP contribution >= 0.6 is 0 Å². The number of benzene rings is 1. The zero-order valence-electron chi connectivity index (χ0n) is 15.2. The fraction of sp³-hybridized carbons (Fsp3) is 0.550. The van der Waals surface area contributed by atoms with Gasteiger partial charge in [0.05, 0.1) is 0 Å². The van der Waals surface area contributed by atoms with E-state index in [1.807, 2.05) is 18.2 Å². The van der Waals surface area contributed by atoms with Crippen molar-refractivity contribution in [1.29, 1.82) is 0 Å². The molecule has 4 unspecified atom stereocenters. The second-order valence-corrected chi connectivity index (χ2v) is 8.09. The van der Waals surface area contributed by atoms with E-state index in [4.69, 9.17) is 0 Å². The van der Waals surface area contributed by atoms with Gasteiger partial charge < -0.3 is 15.5 Å². The van der Waals surface area contributed by atoms with E-state index < -0.39 is 6.04 Å². The maximum Gasteiger partial charge on any atom is 0.255 e. The van der Waals surface area contributed by atoms with Gasteiger partial charge in [0.15, 0.2) is 0 Å². The summed E-state index contributed by atoms with van der Waals surface area (Å²) in [6.07, 6.45) is 3.04. The number of hydrogen-bond donors (Lipinski definition) is 3. The molecule has 3 N–H and O–H groups in total. The minimum atomic E-state index is -0.556. The number of carbonyl (C=O) groups excluding carboxylic acids is 3. The Morgan fingerprint density at radius 2 is 2.07 bits per heavy atom. The number of piperidine rings is 2. The van der Waals surface area contributed by atoms with Gasteiger partial charge in [-0.2, -0.15) is 0 Å². The van der Waals surface area contributed by atoms with Crippen LogP contribution in [0.1, 0.15) is 47.2 Å². The third kappa shape index (κ3) is 2.95. The van der Waals surface area contributed by atoms with Gasteiger partial charge in [0.2, 0.25) is 11.8 Å². The largest absolute Gasteiger partial charge is 0.322 e. The van der Waals surface area contributed by atoms with Gasteiger partial charge in [0.1, 0.15) is 6.04 Å². The van der Waals surface area contributed by atoms with Crippen molar-refractivity contribution in [3.63, 3.8) is 0 Å². The number of carbonyl (C=O) groups is 3. The van der Waals surface area contributed by atoms with Gasteiger partial charge in [-0.05, 0) is 42.9 Å². The molecule has 5 rings (SSSR count). The van der Waals surface area contributed by atoms with E-state index in [2.05, 4.69) is 16.0 Å². The predicted octanol–water partition coefficient (Wildman–Crippen LogP) is 0.288. The van der Waals surface area contributed by atoms with Gasteiger partial charge >= 0.3 is 0 Å². The number of rotatable bonds is 4. The lowest BCUT2D eigenvalue weighted by Gasteiger charge is -2.29. The molecule has 3 aliphatic heterocycles. The smallest absolute Gasteiger partial charge is 0.255 e. The molecule has 142 valence electrons. The molecule has 1 aromatic rings. The van der Waals surface area contributed by atoms with Crippen LogP contribution in [-0.4, -0.2) is 47.3 Å². The molecule has 27 heavy (non-hydrogen) atoms. The average Bonchev–Trinajstić information content (AvgIpc) is 3.38. The van der Waals surface area contributed by atoms with Crippen LogP contribution in [0.5, 0.6) is 0 Å². The van der Waals surface area contributed by atoms with Crippen LogP contribution in [0.3, 0.4) is 0 Å². The fourth-order valence-corrected chi connectivity index (χ4v) is 4.86. The third-order valence-corrected chi connectivity index (χ3v) is 6.41. The van der Waals surface area contributed by atoms with E-state index in [-0.39, 0.29) is 24.1 Å². The first-order valence-electron chi connectivity index (χ1n) is 9.84. The zero-order valence-corrected chi connectivity index (χ0v) is 15.2. The Bertz CT molecular complexity index is 823. The highest BCUT2D eigenvalue weighted by molar-refractivity contribution is 6.05. The van der Waals surface area contributed by atoms with Crippen LogP contribution in [-0.2, 0) is 22.7 Å². The Labute approximate surface area is 157 Å². The van der Waals surface area contributed by atoms with Crippen molar-refractivity contribution in [3.05, 3.63) is 34.9 Å². The van der Waals surface area contributed by atoms with Crippen molar-refractivity contribution in [2.45, 2.75) is 56.9 Å². The molecule has 0 bridgehead atoms. The SMILES string of the molecule is O=C1CCC(N2Cc3cccc(CNC4CCNC5CC45)c3C2=O)C(=O)N1. The summed E-state index contributed by atoms with van der Waals surface area (Å²) in [5, 5.41) is 9.53. The first-order chi connectivity index (χ1) is 13.1. The summed E-state index contributed by atoms with van der Waals surface area (Å²) in [6, 6.07) is 6.57. The average molecular weight is 368 g/mol. The van der Waals surface area contributed by atoms with Gasteiger partial charge in [-0.15, -0.1) is 0 Å². The monoisotopic (exact) mass is 368 g/mol. The topological polar surface area (TPSA) is 90.5 Å². The van der Waals surface area contributed by atoms with Crippen LogP contribution in [0.25, 0.3) is 0 Å². The fourth-order valence-electron chi connectivity index (χ4n) is 4.86. The van der Waals surface area contributed by atoms with Gasteiger partial charge in [-0.25, -0.2) is 0 Å². The van der Waals surface area contributed by atoms with Crippen LogP contribution in [0.4, 0.5) is 0 Å². The predicted molar refractivity (Wildman–Crippen MR) is 97.6 cm³/mol. The van der Waals surface area contributed by atoms with E-state index >= 15 is 0 Å². The molecule has 1 aliphatic carbocycles. The van der Waals surface area contributed by atoms with Gasteiger partial charge in [-0.1, -0.05) is 18.2 Å². The van der Waals surface area contributed by atoms with Crippen molar-refractivity contribution >= 4 is 17.7 Å². The lowest BCUT2D eigenvalue weighted by Crippen LogP contribution is -2.52. The van der Waals surface area contributed by atoms with Crippen LogP contribution in [0, 0.1) is 5.92 Å². The molecule has 4 atom stereocenters. The molecule has 0 aromatic heterocycles. The minimum Gasteiger partial charge on any atom is -0.322 e. The standard InChI is InChI=1S/C20H24N4O3/c25-17-5-4-16(19(26)23-17)24-10-12-3-1-2-11(18(12)20(24)27)9-22-14-6-7-21-15-8-13(14)15/h1-3,13-16,21-22H,4-10H2,(H,23,25,26). The van der Waals surface area contributed by atoms with E-state index in [0.29, 0.717) is 37.5 Å². The Hall–Kier alpha value is -2.25. The molecular weight excluding hydrogens is 344 g/mol. The highest BCUT2D eigenvalue weighted by Gasteiger charge is 2.45. The molecule has 3 heterocycles. The van der Waals surface area contributed by atoms with Gasteiger partial charge in [0, 0.05) is 37.2 Å². The first-order valence-corrected chi connectivity index (χ1v) is 9.84. The van der Waals surface area contributed by atoms with Crippen molar-refractivity contribution in [3.8, 4) is 0 Å². The Kier molecular flexibility index (Phi) is 4.02. The normalized spacial score (nSPS) is 32.1. The van der Waals surface area contributed by atoms with Crippen molar-refractivity contribution in [1.82, 2.24) is 20.9 Å². The quantitative estimate of drug-likeness (QED) is 0.665. The summed E-state index contributed by atoms with van der Waals surface area (Å²) < 4.78 is 0. The summed E-state index contributed by atoms with van der Waals surface area (Å²) >= 11 is 0. The zero-order chi connectivity index (χ0) is 18.5. The molecule has 1 aromatic carbocycles. The summed E-state index contributed by atoms with van der Waals surface area (Å²) in [5.74, 6) is 0.00454. The first kappa shape index (κ1) is 16.9. The van der Waals surface area contributed by atoms with E-state index in [1.165, 1.54) is 6.42 Å². The Morgan fingerprint density at radius 3 is 2.93 bits per heavy atom. The number of amides is 3. The third-order valence-electron chi connectivity index (χ3n) is 6.41. The summed E-state index contributed by atoms with van der Waals surface area (Å²) in [6.45, 7) is 2.16. The molecule has 4 aliphatic rings. The summed E-state index contributed by atoms with van der Waals surface area (Å²) in [7, 11) is 0. The molecule has 0 radical (unpaired) electrons. The summed E-state index contributed by atoms with van der Waals surface area (Å²) in [5.41, 5.74) is 2.71. The van der Waals surface area contributed by atoms with Crippen molar-refractivity contribution < 1.29 is 14.4 Å².